The van der Waals surface area contributed by atoms with E-state index in [1.54, 1.807) is 0 Å². The number of piperidine rings is 1. The molecule has 2 heterocycles. The van der Waals surface area contributed by atoms with Gasteiger partial charge in [-0.3, -0.25) is 14.5 Å². The summed E-state index contributed by atoms with van der Waals surface area (Å²) < 4.78 is 5.49. The summed E-state index contributed by atoms with van der Waals surface area (Å²) in [5, 5.41) is 10.4. The molecule has 8 nitrogen and oxygen atoms in total. The van der Waals surface area contributed by atoms with Gasteiger partial charge < -0.3 is 15.2 Å². The molecule has 1 aromatic heterocycles. The van der Waals surface area contributed by atoms with Crippen LogP contribution in [0.15, 0.2) is 28.8 Å². The van der Waals surface area contributed by atoms with E-state index in [0.29, 0.717) is 24.7 Å². The number of amides is 2. The van der Waals surface area contributed by atoms with E-state index < -0.39 is 5.54 Å². The highest BCUT2D eigenvalue weighted by Gasteiger charge is 2.38. The second kappa shape index (κ2) is 12.5. The molecule has 1 aromatic carbocycles. The third-order valence-electron chi connectivity index (χ3n) is 7.56. The molecule has 1 saturated heterocycles. The molecular formula is C28H41N5O3. The molecular weight excluding hydrogens is 454 g/mol. The van der Waals surface area contributed by atoms with Gasteiger partial charge in [-0.1, -0.05) is 62.0 Å². The van der Waals surface area contributed by atoms with Crippen molar-refractivity contribution in [2.75, 3.05) is 13.1 Å². The molecule has 2 amide bonds. The van der Waals surface area contributed by atoms with Gasteiger partial charge >= 0.3 is 0 Å². The third kappa shape index (κ3) is 7.15. The van der Waals surface area contributed by atoms with E-state index in [1.165, 1.54) is 25.3 Å². The van der Waals surface area contributed by atoms with Gasteiger partial charge in [-0.25, -0.2) is 0 Å². The van der Waals surface area contributed by atoms with E-state index >= 15 is 0 Å². The Balaban J connectivity index is 1.30. The van der Waals surface area contributed by atoms with Gasteiger partial charge in [-0.2, -0.15) is 4.98 Å². The Morgan fingerprint density at radius 1 is 1.11 bits per heavy atom. The predicted octanol–water partition coefficient (Wildman–Crippen LogP) is 4.24. The topological polar surface area (TPSA) is 100 Å². The highest BCUT2D eigenvalue weighted by Crippen LogP contribution is 2.34. The van der Waals surface area contributed by atoms with Crippen molar-refractivity contribution in [3.05, 3.63) is 47.1 Å². The number of nitrogens with zero attached hydrogens (tertiary/aromatic N) is 3. The number of benzene rings is 1. The van der Waals surface area contributed by atoms with Crippen molar-refractivity contribution in [3.63, 3.8) is 0 Å². The molecule has 196 valence electrons. The number of likely N-dealkylation sites (tertiary alicyclic amines) is 1. The van der Waals surface area contributed by atoms with Crippen LogP contribution in [0.5, 0.6) is 0 Å². The summed E-state index contributed by atoms with van der Waals surface area (Å²) in [4.78, 5) is 31.7. The summed E-state index contributed by atoms with van der Waals surface area (Å²) in [6.45, 7) is 7.57. The van der Waals surface area contributed by atoms with Crippen molar-refractivity contribution in [2.24, 2.45) is 5.92 Å². The fraction of sp³-hybridized carbons (Fsp3) is 0.643. The lowest BCUT2D eigenvalue weighted by molar-refractivity contribution is -0.122. The van der Waals surface area contributed by atoms with E-state index in [9.17, 15) is 9.59 Å². The lowest BCUT2D eigenvalue weighted by Crippen LogP contribution is -2.45. The maximum atomic E-state index is 12.6. The van der Waals surface area contributed by atoms with Gasteiger partial charge in [-0.05, 0) is 49.3 Å². The SMILES string of the molecule is CC(=O)NC1(c2noc(CCC(=O)NCc3ccccc3CN3CCCC(C)C3)n2)CCCCCC1. The molecule has 2 aromatic rings. The lowest BCUT2D eigenvalue weighted by atomic mass is 9.89. The zero-order chi connectivity index (χ0) is 25.4. The van der Waals surface area contributed by atoms with Gasteiger partial charge in [0.05, 0.1) is 0 Å². The normalized spacial score (nSPS) is 20.4. The van der Waals surface area contributed by atoms with Gasteiger partial charge in [0.15, 0.2) is 5.82 Å². The molecule has 1 aliphatic heterocycles. The quantitative estimate of drug-likeness (QED) is 0.505. The summed E-state index contributed by atoms with van der Waals surface area (Å²) in [5.41, 5.74) is 1.87. The van der Waals surface area contributed by atoms with E-state index in [1.807, 2.05) is 6.07 Å². The summed E-state index contributed by atoms with van der Waals surface area (Å²) in [6.07, 6.45) is 9.16. The summed E-state index contributed by atoms with van der Waals surface area (Å²) in [5.74, 6) is 1.59. The van der Waals surface area contributed by atoms with Gasteiger partial charge in [0.2, 0.25) is 17.7 Å². The van der Waals surface area contributed by atoms with Crippen LogP contribution >= 0.6 is 0 Å². The number of nitrogens with one attached hydrogen (secondary N) is 2. The van der Waals surface area contributed by atoms with Crippen molar-refractivity contribution in [1.82, 2.24) is 25.7 Å². The van der Waals surface area contributed by atoms with Crippen LogP contribution in [0, 0.1) is 5.92 Å². The lowest BCUT2D eigenvalue weighted by Gasteiger charge is -2.31. The second-order valence-corrected chi connectivity index (χ2v) is 10.7. The molecule has 1 atom stereocenters. The zero-order valence-corrected chi connectivity index (χ0v) is 21.9. The van der Waals surface area contributed by atoms with Crippen LogP contribution in [0.2, 0.25) is 0 Å². The maximum Gasteiger partial charge on any atom is 0.227 e. The Morgan fingerprint density at radius 3 is 2.58 bits per heavy atom. The maximum absolute atomic E-state index is 12.6. The molecule has 2 N–H and O–H groups in total. The minimum atomic E-state index is -0.567. The molecule has 1 saturated carbocycles. The number of carbonyl (C=O) groups excluding carboxylic acids is 2. The molecule has 0 radical (unpaired) electrons. The molecule has 36 heavy (non-hydrogen) atoms. The van der Waals surface area contributed by atoms with E-state index in [2.05, 4.69) is 50.8 Å². The molecule has 0 bridgehead atoms. The second-order valence-electron chi connectivity index (χ2n) is 10.7. The van der Waals surface area contributed by atoms with Crippen LogP contribution in [0.1, 0.15) is 94.5 Å². The Labute approximate surface area is 214 Å². The smallest absolute Gasteiger partial charge is 0.227 e. The van der Waals surface area contributed by atoms with Crippen LogP contribution < -0.4 is 10.6 Å². The van der Waals surface area contributed by atoms with Crippen LogP contribution in [0.4, 0.5) is 0 Å². The van der Waals surface area contributed by atoms with Crippen molar-refractivity contribution in [2.45, 2.75) is 96.7 Å². The van der Waals surface area contributed by atoms with E-state index in [4.69, 9.17) is 4.52 Å². The number of aromatic nitrogens is 2. The Bertz CT molecular complexity index is 1010. The fourth-order valence-corrected chi connectivity index (χ4v) is 5.68. The van der Waals surface area contributed by atoms with E-state index in [0.717, 1.165) is 69.6 Å². The van der Waals surface area contributed by atoms with Gasteiger partial charge in [-0.15, -0.1) is 0 Å². The van der Waals surface area contributed by atoms with Crippen LogP contribution in [-0.4, -0.2) is 39.9 Å². The molecule has 4 rings (SSSR count). The number of hydrogen-bond donors (Lipinski definition) is 2. The van der Waals surface area contributed by atoms with Gasteiger partial charge in [0, 0.05) is 39.4 Å². The third-order valence-corrected chi connectivity index (χ3v) is 7.56. The molecule has 1 aliphatic carbocycles. The average molecular weight is 496 g/mol. The highest BCUT2D eigenvalue weighted by molar-refractivity contribution is 5.76. The molecule has 2 aliphatic rings. The zero-order valence-electron chi connectivity index (χ0n) is 21.9. The summed E-state index contributed by atoms with van der Waals surface area (Å²) in [6, 6.07) is 8.37. The number of hydrogen-bond acceptors (Lipinski definition) is 6. The first-order chi connectivity index (χ1) is 17.4. The van der Waals surface area contributed by atoms with Crippen LogP contribution in [0.25, 0.3) is 0 Å². The number of carbonyl (C=O) groups is 2. The highest BCUT2D eigenvalue weighted by atomic mass is 16.5. The molecule has 0 spiro atoms. The fourth-order valence-electron chi connectivity index (χ4n) is 5.68. The molecule has 8 heteroatoms. The van der Waals surface area contributed by atoms with Gasteiger partial charge in [0.25, 0.3) is 0 Å². The van der Waals surface area contributed by atoms with Crippen molar-refractivity contribution in [1.29, 1.82) is 0 Å². The number of rotatable bonds is 9. The first-order valence-electron chi connectivity index (χ1n) is 13.6. The summed E-state index contributed by atoms with van der Waals surface area (Å²) in [7, 11) is 0. The summed E-state index contributed by atoms with van der Waals surface area (Å²) >= 11 is 0. The van der Waals surface area contributed by atoms with Crippen molar-refractivity contribution in [3.8, 4) is 0 Å². The number of aryl methyl sites for hydroxylation is 1. The van der Waals surface area contributed by atoms with Crippen LogP contribution in [0.3, 0.4) is 0 Å². The first-order valence-corrected chi connectivity index (χ1v) is 13.6. The minimum Gasteiger partial charge on any atom is -0.352 e. The monoisotopic (exact) mass is 495 g/mol. The molecule has 1 unspecified atom stereocenters. The Kier molecular flexibility index (Phi) is 9.13. The standard InChI is InChI=1S/C28H41N5O3/c1-21-10-9-17-33(19-21)20-24-12-6-5-11-23(24)18-29-25(35)13-14-26-30-27(32-36-26)28(31-22(2)34)15-7-3-4-8-16-28/h5-6,11-12,21H,3-4,7-10,13-20H2,1-2H3,(H,29,35)(H,31,34). The minimum absolute atomic E-state index is 0.0396. The average Bonchev–Trinajstić information content (AvgIpc) is 3.22. The predicted molar refractivity (Wildman–Crippen MR) is 138 cm³/mol. The van der Waals surface area contributed by atoms with Crippen molar-refractivity contribution >= 4 is 11.8 Å². The Hall–Kier alpha value is -2.74. The van der Waals surface area contributed by atoms with Gasteiger partial charge in [0.1, 0.15) is 5.54 Å². The Morgan fingerprint density at radius 2 is 1.86 bits per heavy atom. The van der Waals surface area contributed by atoms with E-state index in [-0.39, 0.29) is 18.2 Å². The van der Waals surface area contributed by atoms with Crippen molar-refractivity contribution < 1.29 is 14.1 Å². The largest absolute Gasteiger partial charge is 0.352 e. The molecule has 2 fully saturated rings. The van der Waals surface area contributed by atoms with Crippen LogP contribution in [-0.2, 0) is 34.6 Å². The first kappa shape index (κ1) is 26.3.